The maximum absolute atomic E-state index is 8.56. The van der Waals surface area contributed by atoms with Crippen LogP contribution in [0.5, 0.6) is 0 Å². The standard InChI is InChI=1S/C12H20ClN3O2/c1-9(2)7-12-15-10(13)8-11(16-12)14-3-5-18-6-4-17/h8-9,17H,3-7H2,1-2H3,(H,14,15,16). The van der Waals surface area contributed by atoms with E-state index in [1.54, 1.807) is 6.07 Å². The number of aromatic nitrogens is 2. The van der Waals surface area contributed by atoms with Crippen molar-refractivity contribution in [2.75, 3.05) is 31.7 Å². The Hall–Kier alpha value is -0.910. The summed E-state index contributed by atoms with van der Waals surface area (Å²) in [5, 5.41) is 12.1. The summed E-state index contributed by atoms with van der Waals surface area (Å²) in [6.45, 7) is 5.75. The summed E-state index contributed by atoms with van der Waals surface area (Å²) in [6.07, 6.45) is 0.802. The van der Waals surface area contributed by atoms with Gasteiger partial charge in [0.1, 0.15) is 16.8 Å². The van der Waals surface area contributed by atoms with Gasteiger partial charge >= 0.3 is 0 Å². The third-order valence-electron chi connectivity index (χ3n) is 2.12. The molecule has 0 fully saturated rings. The van der Waals surface area contributed by atoms with Gasteiger partial charge in [0.2, 0.25) is 0 Å². The van der Waals surface area contributed by atoms with Crippen LogP contribution in [0.4, 0.5) is 5.82 Å². The number of nitrogens with one attached hydrogen (secondary N) is 1. The normalized spacial score (nSPS) is 10.9. The molecule has 0 amide bonds. The molecule has 0 spiro atoms. The maximum atomic E-state index is 8.56. The number of rotatable bonds is 8. The van der Waals surface area contributed by atoms with Gasteiger partial charge in [-0.05, 0) is 5.92 Å². The Morgan fingerprint density at radius 1 is 1.39 bits per heavy atom. The Morgan fingerprint density at radius 2 is 2.17 bits per heavy atom. The highest BCUT2D eigenvalue weighted by Gasteiger charge is 2.05. The lowest BCUT2D eigenvalue weighted by molar-refractivity contribution is 0.0992. The van der Waals surface area contributed by atoms with Crippen molar-refractivity contribution in [3.05, 3.63) is 17.0 Å². The van der Waals surface area contributed by atoms with Gasteiger partial charge in [0.25, 0.3) is 0 Å². The Morgan fingerprint density at radius 3 is 2.83 bits per heavy atom. The molecule has 0 radical (unpaired) electrons. The average Bonchev–Trinajstić information content (AvgIpc) is 2.27. The molecule has 0 saturated heterocycles. The lowest BCUT2D eigenvalue weighted by Gasteiger charge is -2.09. The molecule has 0 atom stereocenters. The number of ether oxygens (including phenoxy) is 1. The predicted octanol–water partition coefficient (Wildman–Crippen LogP) is 1.75. The highest BCUT2D eigenvalue weighted by molar-refractivity contribution is 6.29. The fraction of sp³-hybridized carbons (Fsp3) is 0.667. The van der Waals surface area contributed by atoms with Gasteiger partial charge in [-0.2, -0.15) is 0 Å². The number of nitrogens with zero attached hydrogens (tertiary/aromatic N) is 2. The van der Waals surface area contributed by atoms with E-state index >= 15 is 0 Å². The zero-order valence-electron chi connectivity index (χ0n) is 10.8. The van der Waals surface area contributed by atoms with Gasteiger partial charge in [-0.25, -0.2) is 9.97 Å². The van der Waals surface area contributed by atoms with Crippen LogP contribution in [0.1, 0.15) is 19.7 Å². The van der Waals surface area contributed by atoms with Crippen molar-refractivity contribution in [1.82, 2.24) is 9.97 Å². The van der Waals surface area contributed by atoms with Crippen LogP contribution in [0.15, 0.2) is 6.07 Å². The second-order valence-corrected chi connectivity index (χ2v) is 4.74. The first kappa shape index (κ1) is 15.1. The van der Waals surface area contributed by atoms with Crippen LogP contribution in [0.2, 0.25) is 5.15 Å². The molecule has 0 saturated carbocycles. The van der Waals surface area contributed by atoms with E-state index in [-0.39, 0.29) is 6.61 Å². The summed E-state index contributed by atoms with van der Waals surface area (Å²) in [5.41, 5.74) is 0. The van der Waals surface area contributed by atoms with Gasteiger partial charge in [0.15, 0.2) is 0 Å². The van der Waals surface area contributed by atoms with Crippen molar-refractivity contribution >= 4 is 17.4 Å². The van der Waals surface area contributed by atoms with E-state index in [9.17, 15) is 0 Å². The molecule has 1 heterocycles. The Kier molecular flexibility index (Phi) is 6.93. The summed E-state index contributed by atoms with van der Waals surface area (Å²) in [7, 11) is 0. The van der Waals surface area contributed by atoms with Crippen LogP contribution in [0.3, 0.4) is 0 Å². The molecule has 1 aromatic heterocycles. The summed E-state index contributed by atoms with van der Waals surface area (Å²) in [6, 6.07) is 1.69. The Bertz CT molecular complexity index is 361. The predicted molar refractivity (Wildman–Crippen MR) is 72.0 cm³/mol. The zero-order chi connectivity index (χ0) is 13.4. The van der Waals surface area contributed by atoms with Gasteiger partial charge in [-0.1, -0.05) is 25.4 Å². The number of aliphatic hydroxyl groups excluding tert-OH is 1. The molecule has 1 rings (SSSR count). The molecular formula is C12H20ClN3O2. The van der Waals surface area contributed by atoms with E-state index in [1.165, 1.54) is 0 Å². The first-order chi connectivity index (χ1) is 8.61. The largest absolute Gasteiger partial charge is 0.394 e. The maximum Gasteiger partial charge on any atom is 0.134 e. The monoisotopic (exact) mass is 273 g/mol. The van der Waals surface area contributed by atoms with Crippen molar-refractivity contribution < 1.29 is 9.84 Å². The minimum Gasteiger partial charge on any atom is -0.394 e. The van der Waals surface area contributed by atoms with Crippen molar-refractivity contribution in [3.63, 3.8) is 0 Å². The van der Waals surface area contributed by atoms with E-state index in [4.69, 9.17) is 21.4 Å². The van der Waals surface area contributed by atoms with Crippen LogP contribution >= 0.6 is 11.6 Å². The van der Waals surface area contributed by atoms with E-state index < -0.39 is 0 Å². The quantitative estimate of drug-likeness (QED) is 0.558. The fourth-order valence-electron chi connectivity index (χ4n) is 1.43. The summed E-state index contributed by atoms with van der Waals surface area (Å²) in [4.78, 5) is 8.56. The molecule has 18 heavy (non-hydrogen) atoms. The number of halogens is 1. The SMILES string of the molecule is CC(C)Cc1nc(Cl)cc(NCCOCCO)n1. The molecule has 5 nitrogen and oxygen atoms in total. The van der Waals surface area contributed by atoms with E-state index in [0.29, 0.717) is 36.6 Å². The van der Waals surface area contributed by atoms with Crippen molar-refractivity contribution in [3.8, 4) is 0 Å². The van der Waals surface area contributed by atoms with Crippen molar-refractivity contribution in [2.45, 2.75) is 20.3 Å². The lowest BCUT2D eigenvalue weighted by Crippen LogP contribution is -2.13. The second kappa shape index (κ2) is 8.24. The van der Waals surface area contributed by atoms with Crippen LogP contribution < -0.4 is 5.32 Å². The van der Waals surface area contributed by atoms with E-state index in [2.05, 4.69) is 29.1 Å². The molecule has 6 heteroatoms. The van der Waals surface area contributed by atoms with Crippen LogP contribution in [-0.2, 0) is 11.2 Å². The Labute approximate surface area is 113 Å². The summed E-state index contributed by atoms with van der Waals surface area (Å²) >= 11 is 5.94. The number of aliphatic hydroxyl groups is 1. The van der Waals surface area contributed by atoms with Gasteiger partial charge in [-0.3, -0.25) is 0 Å². The van der Waals surface area contributed by atoms with Crippen LogP contribution in [0, 0.1) is 5.92 Å². The smallest absolute Gasteiger partial charge is 0.134 e. The minimum atomic E-state index is 0.0396. The molecule has 0 aromatic carbocycles. The van der Waals surface area contributed by atoms with E-state index in [1.807, 2.05) is 0 Å². The highest BCUT2D eigenvalue weighted by Crippen LogP contribution is 2.13. The summed E-state index contributed by atoms with van der Waals surface area (Å²) in [5.74, 6) is 1.94. The molecule has 102 valence electrons. The van der Waals surface area contributed by atoms with Gasteiger partial charge in [0, 0.05) is 19.0 Å². The van der Waals surface area contributed by atoms with Crippen molar-refractivity contribution in [2.24, 2.45) is 5.92 Å². The molecule has 0 aliphatic heterocycles. The third kappa shape index (κ3) is 6.14. The van der Waals surface area contributed by atoms with E-state index in [0.717, 1.165) is 12.2 Å². The molecule has 0 aliphatic carbocycles. The average molecular weight is 274 g/mol. The molecule has 1 aromatic rings. The van der Waals surface area contributed by atoms with Crippen molar-refractivity contribution in [1.29, 1.82) is 0 Å². The van der Waals surface area contributed by atoms with Crippen LogP contribution in [0.25, 0.3) is 0 Å². The minimum absolute atomic E-state index is 0.0396. The number of anilines is 1. The second-order valence-electron chi connectivity index (χ2n) is 4.35. The first-order valence-corrected chi connectivity index (χ1v) is 6.45. The summed E-state index contributed by atoms with van der Waals surface area (Å²) < 4.78 is 5.14. The van der Waals surface area contributed by atoms with Gasteiger partial charge in [-0.15, -0.1) is 0 Å². The number of hydrogen-bond acceptors (Lipinski definition) is 5. The Balaban J connectivity index is 2.46. The highest BCUT2D eigenvalue weighted by atomic mass is 35.5. The van der Waals surface area contributed by atoms with Crippen LogP contribution in [-0.4, -0.2) is 41.4 Å². The fourth-order valence-corrected chi connectivity index (χ4v) is 1.63. The molecular weight excluding hydrogens is 254 g/mol. The zero-order valence-corrected chi connectivity index (χ0v) is 11.6. The first-order valence-electron chi connectivity index (χ1n) is 6.07. The van der Waals surface area contributed by atoms with Gasteiger partial charge in [0.05, 0.1) is 19.8 Å². The molecule has 0 unspecified atom stereocenters. The number of hydrogen-bond donors (Lipinski definition) is 2. The topological polar surface area (TPSA) is 67.3 Å². The molecule has 0 bridgehead atoms. The third-order valence-corrected chi connectivity index (χ3v) is 2.31. The lowest BCUT2D eigenvalue weighted by atomic mass is 10.1. The van der Waals surface area contributed by atoms with Gasteiger partial charge < -0.3 is 15.2 Å². The molecule has 2 N–H and O–H groups in total. The molecule has 0 aliphatic rings.